The first-order valence-corrected chi connectivity index (χ1v) is 9.45. The van der Waals surface area contributed by atoms with Crippen molar-refractivity contribution in [1.29, 1.82) is 0 Å². The van der Waals surface area contributed by atoms with Gasteiger partial charge < -0.3 is 38.6 Å². The molecule has 0 aliphatic rings. The Bertz CT molecular complexity index is 851. The number of hydrogen-bond donors (Lipinski definition) is 2. The molecule has 0 unspecified atom stereocenters. The summed E-state index contributed by atoms with van der Waals surface area (Å²) < 4.78 is 31.5. The van der Waals surface area contributed by atoms with Crippen LogP contribution in [0.4, 0.5) is 0 Å². The van der Waals surface area contributed by atoms with Gasteiger partial charge in [-0.25, -0.2) is 9.59 Å². The highest BCUT2D eigenvalue weighted by molar-refractivity contribution is 5.83. The molecule has 0 spiro atoms. The van der Waals surface area contributed by atoms with Gasteiger partial charge in [0.15, 0.2) is 35.2 Å². The summed E-state index contributed by atoms with van der Waals surface area (Å²) in [4.78, 5) is 23.5. The van der Waals surface area contributed by atoms with Crippen LogP contribution in [0.5, 0.6) is 23.0 Å². The van der Waals surface area contributed by atoms with Crippen molar-refractivity contribution < 1.29 is 48.2 Å². The first-order valence-electron chi connectivity index (χ1n) is 9.45. The Morgan fingerprint density at radius 3 is 1.28 bits per heavy atom. The highest BCUT2D eigenvalue weighted by atomic mass is 16.6. The summed E-state index contributed by atoms with van der Waals surface area (Å²) in [5.41, 5.74) is 1.14. The zero-order valence-electron chi connectivity index (χ0n) is 18.2. The van der Waals surface area contributed by atoms with Crippen LogP contribution in [-0.4, -0.2) is 62.8 Å². The molecule has 0 saturated carbocycles. The van der Waals surface area contributed by atoms with Gasteiger partial charge in [0, 0.05) is 0 Å². The van der Waals surface area contributed by atoms with Crippen molar-refractivity contribution in [2.24, 2.45) is 0 Å². The van der Waals surface area contributed by atoms with Crippen LogP contribution in [-0.2, 0) is 32.3 Å². The van der Waals surface area contributed by atoms with Gasteiger partial charge in [0.2, 0.25) is 0 Å². The molecular formula is C22H26O10. The number of benzene rings is 2. The summed E-state index contributed by atoms with van der Waals surface area (Å²) in [5.74, 6) is -1.09. The Morgan fingerprint density at radius 2 is 1.00 bits per heavy atom. The van der Waals surface area contributed by atoms with E-state index >= 15 is 0 Å². The summed E-state index contributed by atoms with van der Waals surface area (Å²) >= 11 is 0. The van der Waals surface area contributed by atoms with E-state index in [1.54, 1.807) is 36.4 Å². The molecule has 10 heteroatoms. The summed E-state index contributed by atoms with van der Waals surface area (Å²) in [7, 11) is 5.90. The fourth-order valence-electron chi connectivity index (χ4n) is 2.89. The van der Waals surface area contributed by atoms with Crippen molar-refractivity contribution in [1.82, 2.24) is 0 Å². The van der Waals surface area contributed by atoms with Gasteiger partial charge in [-0.1, -0.05) is 12.1 Å². The lowest BCUT2D eigenvalue weighted by atomic mass is 10.1. The average molecular weight is 450 g/mol. The van der Waals surface area contributed by atoms with Crippen molar-refractivity contribution in [3.8, 4) is 23.0 Å². The van der Waals surface area contributed by atoms with Crippen molar-refractivity contribution in [3.63, 3.8) is 0 Å². The number of ether oxygens (including phenoxy) is 6. The summed E-state index contributed by atoms with van der Waals surface area (Å²) in [6.45, 7) is -0.359. The Morgan fingerprint density at radius 1 is 0.656 bits per heavy atom. The molecule has 0 aliphatic heterocycles. The van der Waals surface area contributed by atoms with Crippen molar-refractivity contribution >= 4 is 11.9 Å². The van der Waals surface area contributed by atoms with Crippen LogP contribution in [0.15, 0.2) is 36.4 Å². The molecule has 0 aliphatic carbocycles. The normalized spacial score (nSPS) is 12.5. The molecule has 2 rings (SSSR count). The third kappa shape index (κ3) is 6.25. The van der Waals surface area contributed by atoms with E-state index in [0.29, 0.717) is 34.1 Å². The molecular weight excluding hydrogens is 424 g/mol. The van der Waals surface area contributed by atoms with Gasteiger partial charge in [-0.3, -0.25) is 0 Å². The Balaban J connectivity index is 2.13. The SMILES string of the molecule is COc1ccc(CO[C@H](C(=O)O)[C@H](OCc2ccc(OC)c(OC)c2)C(=O)O)cc1OC. The monoisotopic (exact) mass is 450 g/mol. The van der Waals surface area contributed by atoms with Crippen LogP contribution < -0.4 is 18.9 Å². The molecule has 0 amide bonds. The smallest absolute Gasteiger partial charge is 0.336 e. The second-order valence-electron chi connectivity index (χ2n) is 6.52. The molecule has 32 heavy (non-hydrogen) atoms. The van der Waals surface area contributed by atoms with Crippen LogP contribution in [0.1, 0.15) is 11.1 Å². The average Bonchev–Trinajstić information content (AvgIpc) is 2.80. The largest absolute Gasteiger partial charge is 0.493 e. The highest BCUT2D eigenvalue weighted by Gasteiger charge is 2.36. The standard InChI is InChI=1S/C22H26O10/c1-27-15-7-5-13(9-17(15)29-3)11-31-19(21(23)24)20(22(25)26)32-12-14-6-8-16(28-2)18(10-14)30-4/h5-10,19-20H,11-12H2,1-4H3,(H,23,24)(H,25,26)/t19-,20-/m0/s1. The van der Waals surface area contributed by atoms with Crippen molar-refractivity contribution in [3.05, 3.63) is 47.5 Å². The quantitative estimate of drug-likeness (QED) is 0.469. The lowest BCUT2D eigenvalue weighted by molar-refractivity contribution is -0.179. The van der Waals surface area contributed by atoms with Crippen LogP contribution in [0, 0.1) is 0 Å². The van der Waals surface area contributed by atoms with Crippen LogP contribution in [0.2, 0.25) is 0 Å². The van der Waals surface area contributed by atoms with Crippen LogP contribution in [0.3, 0.4) is 0 Å². The lowest BCUT2D eigenvalue weighted by Gasteiger charge is -2.22. The van der Waals surface area contributed by atoms with E-state index in [1.807, 2.05) is 0 Å². The zero-order chi connectivity index (χ0) is 23.7. The molecule has 2 N–H and O–H groups in total. The number of carbonyl (C=O) groups is 2. The van der Waals surface area contributed by atoms with E-state index < -0.39 is 24.1 Å². The van der Waals surface area contributed by atoms with E-state index in [4.69, 9.17) is 28.4 Å². The number of aliphatic carboxylic acids is 2. The third-order valence-electron chi connectivity index (χ3n) is 4.52. The van der Waals surface area contributed by atoms with Gasteiger partial charge in [0.05, 0.1) is 41.7 Å². The zero-order valence-corrected chi connectivity index (χ0v) is 18.2. The van der Waals surface area contributed by atoms with E-state index in [0.717, 1.165) is 0 Å². The lowest BCUT2D eigenvalue weighted by Crippen LogP contribution is -2.43. The first kappa shape index (κ1) is 24.8. The summed E-state index contributed by atoms with van der Waals surface area (Å²) in [6.07, 6.45) is -3.50. The number of carboxylic acids is 2. The first-order chi connectivity index (χ1) is 15.3. The fourth-order valence-corrected chi connectivity index (χ4v) is 2.89. The molecule has 0 heterocycles. The third-order valence-corrected chi connectivity index (χ3v) is 4.52. The molecule has 174 valence electrons. The fraction of sp³-hybridized carbons (Fsp3) is 0.364. The molecule has 2 aromatic rings. The maximum Gasteiger partial charge on any atom is 0.336 e. The molecule has 2 atom stereocenters. The van der Waals surface area contributed by atoms with Gasteiger partial charge in [0.25, 0.3) is 0 Å². The van der Waals surface area contributed by atoms with E-state index in [2.05, 4.69) is 0 Å². The van der Waals surface area contributed by atoms with Gasteiger partial charge >= 0.3 is 11.9 Å². The Kier molecular flexibility index (Phi) is 9.11. The van der Waals surface area contributed by atoms with Gasteiger partial charge in [-0.15, -0.1) is 0 Å². The molecule has 0 fully saturated rings. The number of rotatable bonds is 13. The van der Waals surface area contributed by atoms with E-state index in [-0.39, 0.29) is 13.2 Å². The number of hydrogen-bond acceptors (Lipinski definition) is 8. The minimum atomic E-state index is -1.75. The molecule has 10 nitrogen and oxygen atoms in total. The van der Waals surface area contributed by atoms with Crippen molar-refractivity contribution in [2.45, 2.75) is 25.4 Å². The predicted octanol–water partition coefficient (Wildman–Crippen LogP) is 2.36. The van der Waals surface area contributed by atoms with Gasteiger partial charge in [-0.2, -0.15) is 0 Å². The molecule has 0 aromatic heterocycles. The van der Waals surface area contributed by atoms with Crippen LogP contribution in [0.25, 0.3) is 0 Å². The van der Waals surface area contributed by atoms with Gasteiger partial charge in [0.1, 0.15) is 0 Å². The Hall–Kier alpha value is -3.50. The molecule has 0 saturated heterocycles. The minimum Gasteiger partial charge on any atom is -0.493 e. The summed E-state index contributed by atoms with van der Waals surface area (Å²) in [6, 6.07) is 9.79. The topological polar surface area (TPSA) is 130 Å². The maximum absolute atomic E-state index is 11.7. The van der Waals surface area contributed by atoms with E-state index in [1.165, 1.54) is 28.4 Å². The molecule has 0 radical (unpaired) electrons. The maximum atomic E-state index is 11.7. The minimum absolute atomic E-state index is 0.180. The highest BCUT2D eigenvalue weighted by Crippen LogP contribution is 2.29. The second-order valence-corrected chi connectivity index (χ2v) is 6.52. The summed E-state index contributed by atoms with van der Waals surface area (Å²) in [5, 5.41) is 19.1. The molecule has 0 bridgehead atoms. The Labute approximate surface area is 185 Å². The van der Waals surface area contributed by atoms with Gasteiger partial charge in [-0.05, 0) is 35.4 Å². The number of carboxylic acid groups (broad SMARTS) is 2. The number of methoxy groups -OCH3 is 4. The molecule has 2 aromatic carbocycles. The predicted molar refractivity (Wildman–Crippen MR) is 112 cm³/mol. The van der Waals surface area contributed by atoms with Crippen LogP contribution >= 0.6 is 0 Å². The van der Waals surface area contributed by atoms with E-state index in [9.17, 15) is 19.8 Å². The van der Waals surface area contributed by atoms with Crippen molar-refractivity contribution in [2.75, 3.05) is 28.4 Å². The second kappa shape index (κ2) is 11.8.